The fourth-order valence-corrected chi connectivity index (χ4v) is 1.69. The molecule has 0 radical (unpaired) electrons. The van der Waals surface area contributed by atoms with Gasteiger partial charge in [-0.05, 0) is 30.7 Å². The molecule has 5 heteroatoms. The van der Waals surface area contributed by atoms with Crippen LogP contribution in [0.4, 0.5) is 0 Å². The van der Waals surface area contributed by atoms with Crippen LogP contribution >= 0.6 is 11.6 Å². The average molecular weight is 269 g/mol. The molecule has 0 aliphatic carbocycles. The van der Waals surface area contributed by atoms with Gasteiger partial charge in [0.1, 0.15) is 18.5 Å². The van der Waals surface area contributed by atoms with Crippen LogP contribution in [0, 0.1) is 0 Å². The maximum absolute atomic E-state index is 11.6. The quantitative estimate of drug-likeness (QED) is 0.451. The molecule has 1 aromatic carbocycles. The van der Waals surface area contributed by atoms with Crippen LogP contribution in [-0.4, -0.2) is 24.6 Å². The Morgan fingerprint density at radius 2 is 2.11 bits per heavy atom. The number of ketones is 1. The molecule has 1 rings (SSSR count). The van der Waals surface area contributed by atoms with Crippen LogP contribution in [-0.2, 0) is 20.7 Å². The van der Waals surface area contributed by atoms with E-state index in [1.54, 1.807) is 25.1 Å². The number of benzene rings is 1. The molecule has 0 spiro atoms. The lowest BCUT2D eigenvalue weighted by Crippen LogP contribution is -2.13. The van der Waals surface area contributed by atoms with Gasteiger partial charge in [-0.1, -0.05) is 11.6 Å². The van der Waals surface area contributed by atoms with E-state index in [0.717, 1.165) is 0 Å². The SMILES string of the molecule is CCOC(=O)CC(=O)Cc1cc(Cl)ccc1C=O. The maximum Gasteiger partial charge on any atom is 0.313 e. The molecule has 0 aromatic heterocycles. The lowest BCUT2D eigenvalue weighted by molar-refractivity contribution is -0.145. The molecular formula is C13H13ClO4. The number of rotatable bonds is 6. The standard InChI is InChI=1S/C13H13ClO4/c1-2-18-13(17)7-12(16)6-10-5-11(14)4-3-9(10)8-15/h3-5,8H,2,6-7H2,1H3. The summed E-state index contributed by atoms with van der Waals surface area (Å²) in [6.07, 6.45) is 0.357. The van der Waals surface area contributed by atoms with Crippen LogP contribution in [0.5, 0.6) is 0 Å². The normalized spacial score (nSPS) is 9.89. The second-order valence-corrected chi connectivity index (χ2v) is 4.09. The fourth-order valence-electron chi connectivity index (χ4n) is 1.49. The van der Waals surface area contributed by atoms with E-state index < -0.39 is 5.97 Å². The van der Waals surface area contributed by atoms with Crippen LogP contribution < -0.4 is 0 Å². The van der Waals surface area contributed by atoms with E-state index >= 15 is 0 Å². The van der Waals surface area contributed by atoms with Crippen molar-refractivity contribution in [2.45, 2.75) is 19.8 Å². The highest BCUT2D eigenvalue weighted by atomic mass is 35.5. The number of halogens is 1. The maximum atomic E-state index is 11.6. The van der Waals surface area contributed by atoms with Crippen LogP contribution in [0.3, 0.4) is 0 Å². The van der Waals surface area contributed by atoms with Gasteiger partial charge in [-0.25, -0.2) is 0 Å². The largest absolute Gasteiger partial charge is 0.466 e. The number of carbonyl (C=O) groups is 3. The van der Waals surface area contributed by atoms with Gasteiger partial charge in [0, 0.05) is 17.0 Å². The molecule has 18 heavy (non-hydrogen) atoms. The Morgan fingerprint density at radius 3 is 2.72 bits per heavy atom. The Labute approximate surface area is 110 Å². The lowest BCUT2D eigenvalue weighted by atomic mass is 10.0. The van der Waals surface area contributed by atoms with E-state index in [-0.39, 0.29) is 25.2 Å². The Hall–Kier alpha value is -1.68. The molecule has 0 heterocycles. The number of ether oxygens (including phenoxy) is 1. The first kappa shape index (κ1) is 14.4. The van der Waals surface area contributed by atoms with Gasteiger partial charge in [0.15, 0.2) is 0 Å². The molecule has 0 aliphatic heterocycles. The van der Waals surface area contributed by atoms with Crippen molar-refractivity contribution >= 4 is 29.6 Å². The molecule has 0 unspecified atom stereocenters. The summed E-state index contributed by atoms with van der Waals surface area (Å²) in [5.74, 6) is -0.865. The molecule has 0 amide bonds. The van der Waals surface area contributed by atoms with Crippen molar-refractivity contribution in [1.29, 1.82) is 0 Å². The third kappa shape index (κ3) is 4.30. The topological polar surface area (TPSA) is 60.4 Å². The molecular weight excluding hydrogens is 256 g/mol. The zero-order chi connectivity index (χ0) is 13.5. The van der Waals surface area contributed by atoms with Crippen LogP contribution in [0.25, 0.3) is 0 Å². The lowest BCUT2D eigenvalue weighted by Gasteiger charge is -2.05. The predicted molar refractivity (Wildman–Crippen MR) is 66.8 cm³/mol. The van der Waals surface area contributed by atoms with Crippen LogP contribution in [0.1, 0.15) is 29.3 Å². The van der Waals surface area contributed by atoms with Crippen LogP contribution in [0.2, 0.25) is 5.02 Å². The highest BCUT2D eigenvalue weighted by molar-refractivity contribution is 6.30. The van der Waals surface area contributed by atoms with Gasteiger partial charge in [0.25, 0.3) is 0 Å². The molecule has 0 N–H and O–H groups in total. The first-order valence-corrected chi connectivity index (χ1v) is 5.85. The number of carbonyl (C=O) groups excluding carboxylic acids is 3. The highest BCUT2D eigenvalue weighted by Gasteiger charge is 2.13. The minimum absolute atomic E-state index is 0.00650. The predicted octanol–water partition coefficient (Wildman–Crippen LogP) is 2.22. The third-order valence-corrected chi connectivity index (χ3v) is 2.50. The number of hydrogen-bond donors (Lipinski definition) is 0. The van der Waals surface area contributed by atoms with E-state index in [1.165, 1.54) is 0 Å². The van der Waals surface area contributed by atoms with E-state index in [2.05, 4.69) is 4.74 Å². The molecule has 0 aliphatic rings. The minimum Gasteiger partial charge on any atom is -0.466 e. The molecule has 0 bridgehead atoms. The van der Waals surface area contributed by atoms with Crippen molar-refractivity contribution in [3.05, 3.63) is 34.3 Å². The number of aldehydes is 1. The summed E-state index contributed by atoms with van der Waals surface area (Å²) >= 11 is 5.79. The Bertz CT molecular complexity index is 468. The van der Waals surface area contributed by atoms with E-state index in [0.29, 0.717) is 22.4 Å². The monoisotopic (exact) mass is 268 g/mol. The smallest absolute Gasteiger partial charge is 0.313 e. The molecule has 1 aromatic rings. The van der Waals surface area contributed by atoms with Gasteiger partial charge in [-0.15, -0.1) is 0 Å². The second kappa shape index (κ2) is 6.91. The zero-order valence-electron chi connectivity index (χ0n) is 9.94. The van der Waals surface area contributed by atoms with Gasteiger partial charge >= 0.3 is 5.97 Å². The van der Waals surface area contributed by atoms with E-state index in [4.69, 9.17) is 11.6 Å². The Kier molecular flexibility index (Phi) is 5.52. The molecule has 0 saturated carbocycles. The average Bonchev–Trinajstić information content (AvgIpc) is 2.29. The number of Topliss-reactive ketones (excluding diaryl/α,β-unsaturated/α-hetero) is 1. The molecule has 0 fully saturated rings. The van der Waals surface area contributed by atoms with Crippen LogP contribution in [0.15, 0.2) is 18.2 Å². The summed E-state index contributed by atoms with van der Waals surface area (Å²) in [4.78, 5) is 33.5. The van der Waals surface area contributed by atoms with Gasteiger partial charge in [-0.2, -0.15) is 0 Å². The molecule has 4 nitrogen and oxygen atoms in total. The minimum atomic E-state index is -0.558. The van der Waals surface area contributed by atoms with E-state index in [9.17, 15) is 14.4 Å². The summed E-state index contributed by atoms with van der Waals surface area (Å²) in [5, 5.41) is 0.444. The van der Waals surface area contributed by atoms with E-state index in [1.807, 2.05) is 0 Å². The highest BCUT2D eigenvalue weighted by Crippen LogP contribution is 2.16. The summed E-state index contributed by atoms with van der Waals surface area (Å²) in [6.45, 7) is 1.91. The molecule has 96 valence electrons. The summed E-state index contributed by atoms with van der Waals surface area (Å²) in [5.41, 5.74) is 0.920. The van der Waals surface area contributed by atoms with Gasteiger partial charge in [0.2, 0.25) is 0 Å². The Morgan fingerprint density at radius 1 is 1.39 bits per heavy atom. The first-order chi connectivity index (χ1) is 8.56. The van der Waals surface area contributed by atoms with Gasteiger partial charge in [0.05, 0.1) is 6.61 Å². The molecule has 0 atom stereocenters. The second-order valence-electron chi connectivity index (χ2n) is 3.66. The molecule has 0 saturated heterocycles. The van der Waals surface area contributed by atoms with Crippen molar-refractivity contribution in [1.82, 2.24) is 0 Å². The van der Waals surface area contributed by atoms with Crippen molar-refractivity contribution < 1.29 is 19.1 Å². The zero-order valence-corrected chi connectivity index (χ0v) is 10.7. The van der Waals surface area contributed by atoms with Crippen molar-refractivity contribution in [3.8, 4) is 0 Å². The van der Waals surface area contributed by atoms with Crippen molar-refractivity contribution in [2.24, 2.45) is 0 Å². The van der Waals surface area contributed by atoms with Gasteiger partial charge < -0.3 is 4.74 Å². The summed E-state index contributed by atoms with van der Waals surface area (Å²) in [7, 11) is 0. The van der Waals surface area contributed by atoms with Crippen molar-refractivity contribution in [3.63, 3.8) is 0 Å². The first-order valence-electron chi connectivity index (χ1n) is 5.47. The fraction of sp³-hybridized carbons (Fsp3) is 0.308. The van der Waals surface area contributed by atoms with Crippen molar-refractivity contribution in [2.75, 3.05) is 6.61 Å². The third-order valence-electron chi connectivity index (χ3n) is 2.27. The number of esters is 1. The Balaban J connectivity index is 2.72. The number of hydrogen-bond acceptors (Lipinski definition) is 4. The van der Waals surface area contributed by atoms with Gasteiger partial charge in [-0.3, -0.25) is 14.4 Å². The summed E-state index contributed by atoms with van der Waals surface area (Å²) < 4.78 is 4.68. The summed E-state index contributed by atoms with van der Waals surface area (Å²) in [6, 6.07) is 4.67.